The Labute approximate surface area is 81.3 Å². The number of terminal acetylenes is 1. The summed E-state index contributed by atoms with van der Waals surface area (Å²) < 4.78 is 4.94. The van der Waals surface area contributed by atoms with Crippen LogP contribution in [0.3, 0.4) is 0 Å². The third-order valence-corrected chi connectivity index (χ3v) is 2.07. The molecule has 2 aromatic rings. The molecule has 0 aliphatic carbocycles. The van der Waals surface area contributed by atoms with Crippen molar-refractivity contribution in [3.8, 4) is 12.3 Å². The Hall–Kier alpha value is -1.79. The van der Waals surface area contributed by atoms with Gasteiger partial charge in [0, 0.05) is 11.8 Å². The van der Waals surface area contributed by atoms with Crippen molar-refractivity contribution in [3.63, 3.8) is 0 Å². The second-order valence-electron chi connectivity index (χ2n) is 3.05. The van der Waals surface area contributed by atoms with Crippen molar-refractivity contribution in [2.45, 2.75) is 12.5 Å². The highest BCUT2D eigenvalue weighted by Crippen LogP contribution is 2.21. The Morgan fingerprint density at radius 1 is 1.57 bits per heavy atom. The van der Waals surface area contributed by atoms with Crippen LogP contribution in [0.4, 0.5) is 0 Å². The van der Waals surface area contributed by atoms with Crippen LogP contribution in [0.1, 0.15) is 18.1 Å². The maximum atomic E-state index is 9.62. The van der Waals surface area contributed by atoms with Gasteiger partial charge in [-0.15, -0.1) is 12.3 Å². The van der Waals surface area contributed by atoms with Crippen LogP contribution in [-0.4, -0.2) is 10.3 Å². The first kappa shape index (κ1) is 8.79. The van der Waals surface area contributed by atoms with E-state index in [0.29, 0.717) is 12.0 Å². The SMILES string of the molecule is C#CCC(O)c1ccc2oncc2c1. The van der Waals surface area contributed by atoms with Gasteiger partial charge >= 0.3 is 0 Å². The molecule has 1 aromatic carbocycles. The highest BCUT2D eigenvalue weighted by atomic mass is 16.5. The van der Waals surface area contributed by atoms with Crippen molar-refractivity contribution in [1.82, 2.24) is 5.16 Å². The molecule has 0 saturated heterocycles. The number of fused-ring (bicyclic) bond motifs is 1. The zero-order valence-electron chi connectivity index (χ0n) is 7.47. The number of hydrogen-bond donors (Lipinski definition) is 1. The molecule has 1 unspecified atom stereocenters. The molecule has 2 rings (SSSR count). The lowest BCUT2D eigenvalue weighted by atomic mass is 10.1. The van der Waals surface area contributed by atoms with E-state index in [0.717, 1.165) is 10.9 Å². The van der Waals surface area contributed by atoms with Crippen LogP contribution in [0.5, 0.6) is 0 Å². The minimum atomic E-state index is -0.612. The molecule has 3 heteroatoms. The third kappa shape index (κ3) is 1.48. The van der Waals surface area contributed by atoms with E-state index in [9.17, 15) is 5.11 Å². The first-order valence-corrected chi connectivity index (χ1v) is 4.27. The lowest BCUT2D eigenvalue weighted by molar-refractivity contribution is 0.184. The highest BCUT2D eigenvalue weighted by molar-refractivity contribution is 5.76. The minimum Gasteiger partial charge on any atom is -0.387 e. The predicted octanol–water partition coefficient (Wildman–Crippen LogP) is 1.88. The summed E-state index contributed by atoms with van der Waals surface area (Å²) in [4.78, 5) is 0. The number of rotatable bonds is 2. The summed E-state index contributed by atoms with van der Waals surface area (Å²) >= 11 is 0. The topological polar surface area (TPSA) is 46.3 Å². The molecule has 0 spiro atoms. The average Bonchev–Trinajstić information content (AvgIpc) is 2.64. The first-order valence-electron chi connectivity index (χ1n) is 4.27. The highest BCUT2D eigenvalue weighted by Gasteiger charge is 2.07. The van der Waals surface area contributed by atoms with Crippen molar-refractivity contribution >= 4 is 11.0 Å². The second kappa shape index (κ2) is 3.52. The van der Waals surface area contributed by atoms with Crippen LogP contribution in [0.2, 0.25) is 0 Å². The summed E-state index contributed by atoms with van der Waals surface area (Å²) in [7, 11) is 0. The molecular formula is C11H9NO2. The molecule has 0 aliphatic heterocycles. The molecule has 0 aliphatic rings. The van der Waals surface area contributed by atoms with Gasteiger partial charge in [-0.1, -0.05) is 11.2 Å². The van der Waals surface area contributed by atoms with Gasteiger partial charge in [0.1, 0.15) is 0 Å². The van der Waals surface area contributed by atoms with Gasteiger partial charge in [0.05, 0.1) is 12.3 Å². The molecule has 0 saturated carbocycles. The molecule has 0 radical (unpaired) electrons. The molecule has 70 valence electrons. The Bertz CT molecular complexity index is 481. The molecule has 14 heavy (non-hydrogen) atoms. The number of hydrogen-bond acceptors (Lipinski definition) is 3. The van der Waals surface area contributed by atoms with Crippen LogP contribution in [0.25, 0.3) is 11.0 Å². The number of aliphatic hydroxyl groups excluding tert-OH is 1. The van der Waals surface area contributed by atoms with Crippen LogP contribution in [0, 0.1) is 12.3 Å². The first-order chi connectivity index (χ1) is 6.81. The van der Waals surface area contributed by atoms with Crippen molar-refractivity contribution in [3.05, 3.63) is 30.0 Å². The van der Waals surface area contributed by atoms with Gasteiger partial charge in [-0.3, -0.25) is 0 Å². The van der Waals surface area contributed by atoms with Gasteiger partial charge in [-0.2, -0.15) is 0 Å². The second-order valence-corrected chi connectivity index (χ2v) is 3.05. The third-order valence-electron chi connectivity index (χ3n) is 2.07. The van der Waals surface area contributed by atoms with Crippen molar-refractivity contribution in [2.24, 2.45) is 0 Å². The summed E-state index contributed by atoms with van der Waals surface area (Å²) in [5.74, 6) is 2.42. The summed E-state index contributed by atoms with van der Waals surface area (Å²) in [5, 5.41) is 14.1. The molecule has 3 nitrogen and oxygen atoms in total. The fourth-order valence-corrected chi connectivity index (χ4v) is 1.33. The van der Waals surface area contributed by atoms with E-state index in [4.69, 9.17) is 10.9 Å². The summed E-state index contributed by atoms with van der Waals surface area (Å²) in [5.41, 5.74) is 1.50. The molecule has 1 atom stereocenters. The van der Waals surface area contributed by atoms with Crippen LogP contribution < -0.4 is 0 Å². The minimum absolute atomic E-state index is 0.316. The standard InChI is InChI=1S/C11H9NO2/c1-2-3-10(13)8-4-5-11-9(6-8)7-12-14-11/h1,4-7,10,13H,3H2. The summed E-state index contributed by atoms with van der Waals surface area (Å²) in [6.07, 6.45) is 6.44. The Balaban J connectivity index is 2.39. The zero-order valence-corrected chi connectivity index (χ0v) is 7.47. The van der Waals surface area contributed by atoms with Gasteiger partial charge in [0.25, 0.3) is 0 Å². The average molecular weight is 187 g/mol. The monoisotopic (exact) mass is 187 g/mol. The molecule has 0 amide bonds. The fourth-order valence-electron chi connectivity index (χ4n) is 1.33. The largest absolute Gasteiger partial charge is 0.387 e. The van der Waals surface area contributed by atoms with Crippen molar-refractivity contribution in [2.75, 3.05) is 0 Å². The Kier molecular flexibility index (Phi) is 2.21. The van der Waals surface area contributed by atoms with E-state index in [1.165, 1.54) is 0 Å². The van der Waals surface area contributed by atoms with Gasteiger partial charge < -0.3 is 9.63 Å². The van der Waals surface area contributed by atoms with Gasteiger partial charge in [-0.25, -0.2) is 0 Å². The molecular weight excluding hydrogens is 178 g/mol. The predicted molar refractivity (Wildman–Crippen MR) is 52.4 cm³/mol. The van der Waals surface area contributed by atoms with Crippen molar-refractivity contribution in [1.29, 1.82) is 0 Å². The number of nitrogens with zero attached hydrogens (tertiary/aromatic N) is 1. The van der Waals surface area contributed by atoms with E-state index in [2.05, 4.69) is 11.1 Å². The molecule has 0 bridgehead atoms. The zero-order chi connectivity index (χ0) is 9.97. The smallest absolute Gasteiger partial charge is 0.166 e. The van der Waals surface area contributed by atoms with Gasteiger partial charge in [-0.05, 0) is 17.7 Å². The Morgan fingerprint density at radius 3 is 3.21 bits per heavy atom. The van der Waals surface area contributed by atoms with E-state index in [1.54, 1.807) is 18.3 Å². The molecule has 0 fully saturated rings. The van der Waals surface area contributed by atoms with Gasteiger partial charge in [0.2, 0.25) is 0 Å². The van der Waals surface area contributed by atoms with E-state index >= 15 is 0 Å². The van der Waals surface area contributed by atoms with Crippen LogP contribution >= 0.6 is 0 Å². The molecule has 1 heterocycles. The summed E-state index contributed by atoms with van der Waals surface area (Å²) in [6, 6.07) is 5.39. The Morgan fingerprint density at radius 2 is 2.43 bits per heavy atom. The summed E-state index contributed by atoms with van der Waals surface area (Å²) in [6.45, 7) is 0. The lowest BCUT2D eigenvalue weighted by Crippen LogP contribution is -1.94. The van der Waals surface area contributed by atoms with Gasteiger partial charge in [0.15, 0.2) is 5.58 Å². The van der Waals surface area contributed by atoms with Crippen LogP contribution in [0.15, 0.2) is 28.9 Å². The lowest BCUT2D eigenvalue weighted by Gasteiger charge is -2.06. The molecule has 1 N–H and O–H groups in total. The van der Waals surface area contributed by atoms with Crippen molar-refractivity contribution < 1.29 is 9.63 Å². The normalized spacial score (nSPS) is 12.6. The number of aliphatic hydroxyl groups is 1. The van der Waals surface area contributed by atoms with Crippen LogP contribution in [-0.2, 0) is 0 Å². The maximum Gasteiger partial charge on any atom is 0.166 e. The number of aromatic nitrogens is 1. The quantitative estimate of drug-likeness (QED) is 0.730. The van der Waals surface area contributed by atoms with E-state index in [1.807, 2.05) is 6.07 Å². The molecule has 1 aromatic heterocycles. The van der Waals surface area contributed by atoms with E-state index in [-0.39, 0.29) is 0 Å². The van der Waals surface area contributed by atoms with E-state index < -0.39 is 6.10 Å². The fraction of sp³-hybridized carbons (Fsp3) is 0.182. The number of benzene rings is 1. The maximum absolute atomic E-state index is 9.62.